The minimum absolute atomic E-state index is 0.0173. The molecule has 0 aliphatic carbocycles. The zero-order valence-electron chi connectivity index (χ0n) is 10.4. The Bertz CT molecular complexity index is 651. The number of nitrogens with one attached hydrogen (secondary N) is 1. The third-order valence-corrected chi connectivity index (χ3v) is 2.94. The number of benzene rings is 1. The Morgan fingerprint density at radius 2 is 1.79 bits per heavy atom. The molecule has 5 nitrogen and oxygen atoms in total. The quantitative estimate of drug-likeness (QED) is 0.808. The molecular formula is C14H11N5. The summed E-state index contributed by atoms with van der Waals surface area (Å²) in [5.74, 6) is 0. The van der Waals surface area contributed by atoms with E-state index in [-0.39, 0.29) is 11.3 Å². The fraction of sp³-hybridized carbons (Fsp3) is 0.214. The zero-order valence-corrected chi connectivity index (χ0v) is 10.4. The molecule has 1 aliphatic rings. The molecule has 19 heavy (non-hydrogen) atoms. The van der Waals surface area contributed by atoms with Crippen LogP contribution in [0.25, 0.3) is 0 Å². The summed E-state index contributed by atoms with van der Waals surface area (Å²) in [6.45, 7) is 1.78. The molecule has 2 rings (SSSR count). The Hall–Kier alpha value is -2.81. The summed E-state index contributed by atoms with van der Waals surface area (Å²) in [5, 5.41) is 29.3. The molecule has 0 amide bonds. The highest BCUT2D eigenvalue weighted by molar-refractivity contribution is 5.60. The van der Waals surface area contributed by atoms with Gasteiger partial charge in [0.05, 0.1) is 0 Å². The van der Waals surface area contributed by atoms with Crippen molar-refractivity contribution < 1.29 is 0 Å². The summed E-state index contributed by atoms with van der Waals surface area (Å²) in [6, 6.07) is 11.0. The summed E-state index contributed by atoms with van der Waals surface area (Å²) >= 11 is 0. The van der Waals surface area contributed by atoms with Crippen LogP contribution in [0.15, 0.2) is 29.5 Å². The van der Waals surface area contributed by atoms with Gasteiger partial charge in [-0.1, -0.05) is 6.07 Å². The number of allylic oxidation sites excluding steroid dienone is 2. The Balaban J connectivity index is 2.30. The van der Waals surface area contributed by atoms with Crippen molar-refractivity contribution in [3.8, 4) is 18.2 Å². The van der Waals surface area contributed by atoms with Crippen molar-refractivity contribution >= 4 is 5.69 Å². The lowest BCUT2D eigenvalue weighted by atomic mass is 10.1. The van der Waals surface area contributed by atoms with E-state index in [1.807, 2.05) is 31.3 Å². The Labute approximate surface area is 111 Å². The Kier molecular flexibility index (Phi) is 3.48. The van der Waals surface area contributed by atoms with Crippen molar-refractivity contribution in [1.29, 1.82) is 15.8 Å². The van der Waals surface area contributed by atoms with Crippen molar-refractivity contribution in [2.75, 3.05) is 12.4 Å². The van der Waals surface area contributed by atoms with Crippen LogP contribution in [0.5, 0.6) is 0 Å². The van der Waals surface area contributed by atoms with Crippen molar-refractivity contribution in [3.05, 3.63) is 40.6 Å². The molecule has 92 valence electrons. The normalized spacial score (nSPS) is 12.7. The van der Waals surface area contributed by atoms with Gasteiger partial charge in [-0.3, -0.25) is 4.90 Å². The molecule has 0 saturated carbocycles. The molecule has 1 heterocycles. The van der Waals surface area contributed by atoms with E-state index in [9.17, 15) is 0 Å². The fourth-order valence-corrected chi connectivity index (χ4v) is 2.07. The van der Waals surface area contributed by atoms with E-state index in [0.717, 1.165) is 13.1 Å². The summed E-state index contributed by atoms with van der Waals surface area (Å²) in [5.41, 5.74) is 2.95. The van der Waals surface area contributed by atoms with Gasteiger partial charge in [-0.15, -0.1) is 0 Å². The Morgan fingerprint density at radius 3 is 2.42 bits per heavy atom. The number of fused-ring (bicyclic) bond motifs is 1. The van der Waals surface area contributed by atoms with E-state index in [2.05, 4.69) is 10.2 Å². The molecule has 1 N–H and O–H groups in total. The average Bonchev–Trinajstić information content (AvgIpc) is 2.78. The molecule has 5 heteroatoms. The highest BCUT2D eigenvalue weighted by atomic mass is 15.1. The summed E-state index contributed by atoms with van der Waals surface area (Å²) in [7, 11) is 2.04. The van der Waals surface area contributed by atoms with E-state index in [1.165, 1.54) is 11.1 Å². The standard InChI is InChI=1S/C14H11N5/c1-19-8-10-2-3-13(4-11(10)9-19)18-14(7-17)12(5-15)6-16/h2-4,18H,8-9H2,1H3. The third kappa shape index (κ3) is 2.55. The van der Waals surface area contributed by atoms with Crippen LogP contribution < -0.4 is 5.32 Å². The van der Waals surface area contributed by atoms with Gasteiger partial charge in [0.2, 0.25) is 0 Å². The molecule has 0 radical (unpaired) electrons. The maximum Gasteiger partial charge on any atom is 0.163 e. The number of hydrogen-bond donors (Lipinski definition) is 1. The van der Waals surface area contributed by atoms with E-state index in [1.54, 1.807) is 12.1 Å². The fourth-order valence-electron chi connectivity index (χ4n) is 2.07. The lowest BCUT2D eigenvalue weighted by molar-refractivity contribution is 0.353. The highest BCUT2D eigenvalue weighted by Gasteiger charge is 2.16. The molecule has 0 saturated heterocycles. The SMILES string of the molecule is CN1Cc2ccc(NC(C#N)=C(C#N)C#N)cc2C1. The second-order valence-electron chi connectivity index (χ2n) is 4.37. The Morgan fingerprint density at radius 1 is 1.11 bits per heavy atom. The molecule has 1 aromatic carbocycles. The molecule has 0 fully saturated rings. The number of nitriles is 3. The predicted molar refractivity (Wildman–Crippen MR) is 69.1 cm³/mol. The second kappa shape index (κ2) is 5.23. The van der Waals surface area contributed by atoms with Gasteiger partial charge in [0.15, 0.2) is 5.57 Å². The van der Waals surface area contributed by atoms with Gasteiger partial charge in [0.25, 0.3) is 0 Å². The van der Waals surface area contributed by atoms with Gasteiger partial charge < -0.3 is 5.32 Å². The molecular weight excluding hydrogens is 238 g/mol. The van der Waals surface area contributed by atoms with Crippen LogP contribution in [0.2, 0.25) is 0 Å². The van der Waals surface area contributed by atoms with Crippen molar-refractivity contribution in [2.45, 2.75) is 13.1 Å². The van der Waals surface area contributed by atoms with Gasteiger partial charge >= 0.3 is 0 Å². The third-order valence-electron chi connectivity index (χ3n) is 2.94. The average molecular weight is 249 g/mol. The van der Waals surface area contributed by atoms with Crippen LogP contribution in [0, 0.1) is 34.0 Å². The van der Waals surface area contributed by atoms with Crippen molar-refractivity contribution in [1.82, 2.24) is 4.90 Å². The first-order valence-corrected chi connectivity index (χ1v) is 5.70. The van der Waals surface area contributed by atoms with E-state index in [4.69, 9.17) is 15.8 Å². The maximum absolute atomic E-state index is 8.97. The van der Waals surface area contributed by atoms with Crippen molar-refractivity contribution in [3.63, 3.8) is 0 Å². The van der Waals surface area contributed by atoms with Gasteiger partial charge in [-0.05, 0) is 30.3 Å². The van der Waals surface area contributed by atoms with Gasteiger partial charge in [0, 0.05) is 18.8 Å². The van der Waals surface area contributed by atoms with Crippen LogP contribution in [-0.2, 0) is 13.1 Å². The van der Waals surface area contributed by atoms with E-state index in [0.29, 0.717) is 5.69 Å². The minimum Gasteiger partial charge on any atom is -0.345 e. The summed E-state index contributed by atoms with van der Waals surface area (Å²) < 4.78 is 0. The highest BCUT2D eigenvalue weighted by Crippen LogP contribution is 2.25. The number of rotatable bonds is 2. The number of hydrogen-bond acceptors (Lipinski definition) is 5. The minimum atomic E-state index is -0.208. The molecule has 0 unspecified atom stereocenters. The van der Waals surface area contributed by atoms with Crippen LogP contribution in [0.4, 0.5) is 5.69 Å². The van der Waals surface area contributed by atoms with Crippen LogP contribution in [-0.4, -0.2) is 11.9 Å². The number of nitrogens with zero attached hydrogens (tertiary/aromatic N) is 4. The lowest BCUT2D eigenvalue weighted by Gasteiger charge is -2.06. The largest absolute Gasteiger partial charge is 0.345 e. The molecule has 0 spiro atoms. The van der Waals surface area contributed by atoms with Gasteiger partial charge in [-0.2, -0.15) is 15.8 Å². The van der Waals surface area contributed by atoms with Gasteiger partial charge in [0.1, 0.15) is 23.9 Å². The number of anilines is 1. The molecule has 0 atom stereocenters. The molecule has 0 bridgehead atoms. The van der Waals surface area contributed by atoms with Crippen molar-refractivity contribution in [2.24, 2.45) is 0 Å². The first-order chi connectivity index (χ1) is 9.17. The van der Waals surface area contributed by atoms with Crippen LogP contribution in [0.1, 0.15) is 11.1 Å². The molecule has 1 aromatic rings. The zero-order chi connectivity index (χ0) is 13.8. The molecule has 0 aromatic heterocycles. The summed E-state index contributed by atoms with van der Waals surface area (Å²) in [4.78, 5) is 2.19. The lowest BCUT2D eigenvalue weighted by Crippen LogP contribution is -2.07. The maximum atomic E-state index is 8.97. The van der Waals surface area contributed by atoms with E-state index < -0.39 is 0 Å². The summed E-state index contributed by atoms with van der Waals surface area (Å²) in [6.07, 6.45) is 0. The smallest absolute Gasteiger partial charge is 0.163 e. The first kappa shape index (κ1) is 12.6. The topological polar surface area (TPSA) is 86.6 Å². The predicted octanol–water partition coefficient (Wildman–Crippen LogP) is 1.87. The van der Waals surface area contributed by atoms with Crippen LogP contribution >= 0.6 is 0 Å². The van der Waals surface area contributed by atoms with Crippen LogP contribution in [0.3, 0.4) is 0 Å². The van der Waals surface area contributed by atoms with E-state index >= 15 is 0 Å². The molecule has 1 aliphatic heterocycles. The monoisotopic (exact) mass is 249 g/mol. The van der Waals surface area contributed by atoms with Gasteiger partial charge in [-0.25, -0.2) is 0 Å². The second-order valence-corrected chi connectivity index (χ2v) is 4.37. The first-order valence-electron chi connectivity index (χ1n) is 5.70.